The quantitative estimate of drug-likeness (QED) is 0.212. The summed E-state index contributed by atoms with van der Waals surface area (Å²) < 4.78 is 45.3. The average Bonchev–Trinajstić information content (AvgIpc) is 3.36. The van der Waals surface area contributed by atoms with Crippen LogP contribution in [0, 0.1) is 12.7 Å². The van der Waals surface area contributed by atoms with Crippen molar-refractivity contribution in [2.24, 2.45) is 0 Å². The minimum Gasteiger partial charge on any atom is -0.328 e. The van der Waals surface area contributed by atoms with E-state index in [0.29, 0.717) is 25.1 Å². The zero-order chi connectivity index (χ0) is 30.7. The third-order valence-electron chi connectivity index (χ3n) is 8.20. The molecule has 0 fully saturated rings. The van der Waals surface area contributed by atoms with Crippen molar-refractivity contribution < 1.29 is 17.6 Å². The predicted octanol–water partition coefficient (Wildman–Crippen LogP) is 6.99. The second-order valence-electron chi connectivity index (χ2n) is 11.7. The first-order valence-electron chi connectivity index (χ1n) is 14.8. The van der Waals surface area contributed by atoms with Gasteiger partial charge in [0.1, 0.15) is 11.6 Å². The van der Waals surface area contributed by atoms with Crippen LogP contribution >= 0.6 is 0 Å². The second kappa shape index (κ2) is 12.8. The summed E-state index contributed by atoms with van der Waals surface area (Å²) in [4.78, 5) is 20.3. The van der Waals surface area contributed by atoms with Crippen molar-refractivity contribution in [2.45, 2.75) is 82.8 Å². The fourth-order valence-electron chi connectivity index (χ4n) is 6.05. The highest BCUT2D eigenvalue weighted by atomic mass is 32.2. The van der Waals surface area contributed by atoms with Crippen molar-refractivity contribution in [3.63, 3.8) is 0 Å². The van der Waals surface area contributed by atoms with E-state index < -0.39 is 21.9 Å². The van der Waals surface area contributed by atoms with Crippen molar-refractivity contribution in [3.8, 4) is 0 Å². The lowest BCUT2D eigenvalue weighted by Crippen LogP contribution is -2.34. The van der Waals surface area contributed by atoms with Crippen LogP contribution < -0.4 is 9.62 Å². The van der Waals surface area contributed by atoms with E-state index >= 15 is 0 Å². The van der Waals surface area contributed by atoms with Gasteiger partial charge >= 0.3 is 0 Å². The van der Waals surface area contributed by atoms with Crippen LogP contribution in [0.5, 0.6) is 0 Å². The van der Waals surface area contributed by atoms with Crippen molar-refractivity contribution in [3.05, 3.63) is 113 Å². The number of rotatable bonds is 10. The molecule has 1 heterocycles. The van der Waals surface area contributed by atoms with E-state index in [9.17, 15) is 17.6 Å². The Hall–Kier alpha value is -3.82. The molecule has 1 aliphatic rings. The Morgan fingerprint density at radius 3 is 2.56 bits per heavy atom. The van der Waals surface area contributed by atoms with Gasteiger partial charge in [-0.25, -0.2) is 22.5 Å². The number of aryl methyl sites for hydroxylation is 2. The molecule has 9 heteroatoms. The molecule has 1 N–H and O–H groups in total. The van der Waals surface area contributed by atoms with Crippen LogP contribution in [0.1, 0.15) is 86.2 Å². The molecule has 0 radical (unpaired) electrons. The highest BCUT2D eigenvalue weighted by Gasteiger charge is 2.29. The maximum absolute atomic E-state index is 14.1. The Balaban J connectivity index is 1.50. The summed E-state index contributed by atoms with van der Waals surface area (Å²) in [7, 11) is -3.96. The number of hydrogen-bond acceptors (Lipinski definition) is 4. The van der Waals surface area contributed by atoms with Gasteiger partial charge in [0.25, 0.3) is 0 Å². The number of carbonyl (C=O) groups is 1. The maximum Gasteiger partial charge on any atom is 0.241 e. The lowest BCUT2D eigenvalue weighted by molar-refractivity contribution is -0.119. The standard InChI is InChI=1S/C34H39FN4O3S/c1-23(2)39-25(4)36-21-30(39)22-38(34(40)18-24(3)26-10-6-5-7-11-26)29-17-16-27-12-8-15-33(32(27)20-29)37-43(41,42)31-14-9-13-28(35)19-31/h5-7,9-11,13-14,16-17,19-21,23-24,33,37H,8,12,15,18,22H2,1-4H3/t24-,33+/m1/s1. The van der Waals surface area contributed by atoms with E-state index in [2.05, 4.69) is 35.0 Å². The van der Waals surface area contributed by atoms with Gasteiger partial charge in [0.15, 0.2) is 0 Å². The van der Waals surface area contributed by atoms with Crippen LogP contribution in [0.2, 0.25) is 0 Å². The van der Waals surface area contributed by atoms with E-state index in [1.165, 1.54) is 18.2 Å². The minimum atomic E-state index is -3.96. The van der Waals surface area contributed by atoms with Crippen LogP contribution in [-0.2, 0) is 27.8 Å². The summed E-state index contributed by atoms with van der Waals surface area (Å²) in [5, 5.41) is 0. The molecule has 7 nitrogen and oxygen atoms in total. The third-order valence-corrected chi connectivity index (χ3v) is 9.67. The Morgan fingerprint density at radius 2 is 1.84 bits per heavy atom. The molecular formula is C34H39FN4O3S. The fraction of sp³-hybridized carbons (Fsp3) is 0.353. The van der Waals surface area contributed by atoms with Crippen LogP contribution in [0.15, 0.2) is 83.9 Å². The number of aromatic nitrogens is 2. The SMILES string of the molecule is Cc1ncc(CN(C(=O)C[C@@H](C)c2ccccc2)c2ccc3c(c2)[C@@H](NS(=O)(=O)c2cccc(F)c2)CCC3)n1C(C)C. The number of nitrogens with zero attached hydrogens (tertiary/aromatic N) is 3. The lowest BCUT2D eigenvalue weighted by Gasteiger charge is -2.30. The van der Waals surface area contributed by atoms with Crippen LogP contribution in [0.25, 0.3) is 0 Å². The smallest absolute Gasteiger partial charge is 0.241 e. The van der Waals surface area contributed by atoms with E-state index in [0.717, 1.165) is 47.1 Å². The molecule has 0 aliphatic heterocycles. The van der Waals surface area contributed by atoms with Crippen molar-refractivity contribution in [2.75, 3.05) is 4.90 Å². The van der Waals surface area contributed by atoms with E-state index in [4.69, 9.17) is 0 Å². The van der Waals surface area contributed by atoms with Gasteiger partial charge in [0, 0.05) is 24.2 Å². The number of hydrogen-bond donors (Lipinski definition) is 1. The number of imidazole rings is 1. The summed E-state index contributed by atoms with van der Waals surface area (Å²) in [6.45, 7) is 8.53. The molecule has 0 spiro atoms. The van der Waals surface area contributed by atoms with Crippen LogP contribution in [0.4, 0.5) is 10.1 Å². The first kappa shape index (κ1) is 30.6. The number of benzene rings is 3. The molecule has 43 heavy (non-hydrogen) atoms. The largest absolute Gasteiger partial charge is 0.328 e. The van der Waals surface area contributed by atoms with E-state index in [1.807, 2.05) is 61.7 Å². The van der Waals surface area contributed by atoms with Gasteiger partial charge in [-0.3, -0.25) is 4.79 Å². The van der Waals surface area contributed by atoms with Gasteiger partial charge in [-0.05, 0) is 93.0 Å². The first-order valence-corrected chi connectivity index (χ1v) is 16.3. The number of halogens is 1. The summed E-state index contributed by atoms with van der Waals surface area (Å²) in [5.74, 6) is 0.255. The number of carbonyl (C=O) groups excluding carboxylic acids is 1. The normalized spacial score (nSPS) is 15.7. The van der Waals surface area contributed by atoms with E-state index in [-0.39, 0.29) is 22.8 Å². The number of fused-ring (bicyclic) bond motifs is 1. The van der Waals surface area contributed by atoms with Gasteiger partial charge < -0.3 is 9.47 Å². The molecule has 4 aromatic rings. The number of sulfonamides is 1. The van der Waals surface area contributed by atoms with Crippen LogP contribution in [0.3, 0.4) is 0 Å². The average molecular weight is 603 g/mol. The zero-order valence-electron chi connectivity index (χ0n) is 25.1. The molecule has 1 aromatic heterocycles. The molecule has 0 bridgehead atoms. The Kier molecular flexibility index (Phi) is 9.13. The lowest BCUT2D eigenvalue weighted by atomic mass is 9.87. The molecule has 5 rings (SSSR count). The highest BCUT2D eigenvalue weighted by Crippen LogP contribution is 2.35. The zero-order valence-corrected chi connectivity index (χ0v) is 25.9. The van der Waals surface area contributed by atoms with Gasteiger partial charge in [-0.1, -0.05) is 49.4 Å². The van der Waals surface area contributed by atoms with Gasteiger partial charge in [-0.2, -0.15) is 0 Å². The van der Waals surface area contributed by atoms with Gasteiger partial charge in [0.2, 0.25) is 15.9 Å². The maximum atomic E-state index is 14.1. The first-order chi connectivity index (χ1) is 20.5. The number of anilines is 1. The summed E-state index contributed by atoms with van der Waals surface area (Å²) in [5.41, 5.74) is 4.60. The molecule has 0 unspecified atom stereocenters. The minimum absolute atomic E-state index is 0.0106. The molecule has 226 valence electrons. The number of amides is 1. The molecule has 1 aliphatic carbocycles. The number of nitrogens with one attached hydrogen (secondary N) is 1. The van der Waals surface area contributed by atoms with Gasteiger partial charge in [-0.15, -0.1) is 0 Å². The third kappa shape index (κ3) is 6.89. The summed E-state index contributed by atoms with van der Waals surface area (Å²) in [6, 6.07) is 20.6. The Labute approximate surface area is 253 Å². The fourth-order valence-corrected chi connectivity index (χ4v) is 7.33. The van der Waals surface area contributed by atoms with Crippen molar-refractivity contribution in [1.82, 2.24) is 14.3 Å². The van der Waals surface area contributed by atoms with Gasteiger partial charge in [0.05, 0.1) is 23.3 Å². The molecule has 0 saturated carbocycles. The molecule has 0 saturated heterocycles. The van der Waals surface area contributed by atoms with Crippen LogP contribution in [-0.4, -0.2) is 23.9 Å². The molecule has 2 atom stereocenters. The monoisotopic (exact) mass is 602 g/mol. The Bertz CT molecular complexity index is 1700. The Morgan fingerprint density at radius 1 is 1.07 bits per heavy atom. The van der Waals surface area contributed by atoms with Crippen molar-refractivity contribution in [1.29, 1.82) is 0 Å². The summed E-state index contributed by atoms with van der Waals surface area (Å²) in [6.07, 6.45) is 4.36. The van der Waals surface area contributed by atoms with E-state index in [1.54, 1.807) is 4.90 Å². The predicted molar refractivity (Wildman–Crippen MR) is 167 cm³/mol. The second-order valence-corrected chi connectivity index (χ2v) is 13.4. The molecular weight excluding hydrogens is 563 g/mol. The molecule has 1 amide bonds. The van der Waals surface area contributed by atoms with Crippen molar-refractivity contribution >= 4 is 21.6 Å². The summed E-state index contributed by atoms with van der Waals surface area (Å²) >= 11 is 0. The topological polar surface area (TPSA) is 84.3 Å². The molecule has 3 aromatic carbocycles. The highest BCUT2D eigenvalue weighted by molar-refractivity contribution is 7.89.